The molecule has 0 aliphatic rings. The van der Waals surface area contributed by atoms with Crippen LogP contribution in [0.5, 0.6) is 0 Å². The molecule has 0 saturated heterocycles. The zero-order valence-electron chi connectivity index (χ0n) is 8.87. The Balaban J connectivity index is 2.09. The molecular weight excluding hydrogens is 222 g/mol. The van der Waals surface area contributed by atoms with Gasteiger partial charge in [0.25, 0.3) is 0 Å². The van der Waals surface area contributed by atoms with Crippen LogP contribution in [-0.4, -0.2) is 26.4 Å². The SMILES string of the molecule is N=C(c1nonc1N)N(O)Cc1ccccc1. The summed E-state index contributed by atoms with van der Waals surface area (Å²) in [6, 6.07) is 9.23. The Morgan fingerprint density at radius 3 is 2.65 bits per heavy atom. The van der Waals surface area contributed by atoms with Crippen LogP contribution in [0.25, 0.3) is 0 Å². The molecule has 0 bridgehead atoms. The monoisotopic (exact) mass is 233 g/mol. The summed E-state index contributed by atoms with van der Waals surface area (Å²) in [5.41, 5.74) is 6.30. The Morgan fingerprint density at radius 1 is 1.35 bits per heavy atom. The summed E-state index contributed by atoms with van der Waals surface area (Å²) >= 11 is 0. The molecule has 1 heterocycles. The first-order valence-electron chi connectivity index (χ1n) is 4.86. The molecule has 0 radical (unpaired) electrons. The Kier molecular flexibility index (Phi) is 3.01. The Hall–Kier alpha value is -2.41. The van der Waals surface area contributed by atoms with E-state index in [2.05, 4.69) is 14.9 Å². The molecule has 0 atom stereocenters. The molecule has 1 aromatic heterocycles. The number of amidine groups is 1. The molecule has 0 unspecified atom stereocenters. The van der Waals surface area contributed by atoms with E-state index in [1.807, 2.05) is 30.3 Å². The Morgan fingerprint density at radius 2 is 2.06 bits per heavy atom. The van der Waals surface area contributed by atoms with Crippen LogP contribution in [0.4, 0.5) is 5.82 Å². The first-order valence-corrected chi connectivity index (χ1v) is 4.86. The standard InChI is InChI=1S/C10H11N5O2/c11-9-8(13-17-14-9)10(12)15(16)6-7-4-2-1-3-5-7/h1-5,12,16H,6H2,(H2,11,14). The van der Waals surface area contributed by atoms with Gasteiger partial charge in [0.2, 0.25) is 0 Å². The summed E-state index contributed by atoms with van der Waals surface area (Å²) in [5, 5.41) is 24.9. The molecule has 7 heteroatoms. The van der Waals surface area contributed by atoms with E-state index in [1.54, 1.807) is 0 Å². The lowest BCUT2D eigenvalue weighted by Crippen LogP contribution is -2.27. The maximum Gasteiger partial charge on any atom is 0.199 e. The molecule has 17 heavy (non-hydrogen) atoms. The third kappa shape index (κ3) is 2.40. The highest BCUT2D eigenvalue weighted by Crippen LogP contribution is 2.10. The number of nitrogens with two attached hydrogens (primary N) is 1. The number of hydrogen-bond acceptors (Lipinski definition) is 6. The summed E-state index contributed by atoms with van der Waals surface area (Å²) in [5.74, 6) is -0.283. The number of hydrogen-bond donors (Lipinski definition) is 3. The Bertz CT molecular complexity index is 510. The molecule has 7 nitrogen and oxygen atoms in total. The largest absolute Gasteiger partial charge is 0.379 e. The fraction of sp³-hybridized carbons (Fsp3) is 0.100. The van der Waals surface area contributed by atoms with Crippen molar-refractivity contribution in [3.05, 3.63) is 41.6 Å². The highest BCUT2D eigenvalue weighted by molar-refractivity contribution is 5.97. The lowest BCUT2D eigenvalue weighted by Gasteiger charge is -2.15. The van der Waals surface area contributed by atoms with Crippen molar-refractivity contribution in [2.45, 2.75) is 6.54 Å². The van der Waals surface area contributed by atoms with E-state index in [0.717, 1.165) is 10.6 Å². The Labute approximate surface area is 96.9 Å². The van der Waals surface area contributed by atoms with Crippen LogP contribution in [0, 0.1) is 5.41 Å². The molecule has 0 fully saturated rings. The van der Waals surface area contributed by atoms with E-state index < -0.39 is 0 Å². The van der Waals surface area contributed by atoms with E-state index in [4.69, 9.17) is 11.1 Å². The number of hydroxylamine groups is 2. The van der Waals surface area contributed by atoms with Crippen LogP contribution in [0.1, 0.15) is 11.3 Å². The normalized spacial score (nSPS) is 10.2. The van der Waals surface area contributed by atoms with Gasteiger partial charge in [0.15, 0.2) is 17.3 Å². The molecule has 0 saturated carbocycles. The maximum absolute atomic E-state index is 9.71. The number of anilines is 1. The van der Waals surface area contributed by atoms with Crippen molar-refractivity contribution in [2.75, 3.05) is 5.73 Å². The highest BCUT2D eigenvalue weighted by atomic mass is 16.6. The van der Waals surface area contributed by atoms with Gasteiger partial charge in [-0.25, -0.2) is 9.69 Å². The van der Waals surface area contributed by atoms with Crippen molar-refractivity contribution < 1.29 is 9.84 Å². The fourth-order valence-corrected chi connectivity index (χ4v) is 1.32. The van der Waals surface area contributed by atoms with Crippen LogP contribution < -0.4 is 5.73 Å². The van der Waals surface area contributed by atoms with Gasteiger partial charge < -0.3 is 5.73 Å². The van der Waals surface area contributed by atoms with Gasteiger partial charge in [-0.2, -0.15) is 0 Å². The smallest absolute Gasteiger partial charge is 0.199 e. The predicted molar refractivity (Wildman–Crippen MR) is 59.3 cm³/mol. The van der Waals surface area contributed by atoms with Gasteiger partial charge in [-0.3, -0.25) is 10.6 Å². The lowest BCUT2D eigenvalue weighted by atomic mass is 10.2. The molecule has 0 spiro atoms. The number of nitrogens with one attached hydrogen (secondary N) is 1. The molecule has 2 aromatic rings. The van der Waals surface area contributed by atoms with Crippen LogP contribution >= 0.6 is 0 Å². The molecule has 2 rings (SSSR count). The second-order valence-electron chi connectivity index (χ2n) is 3.39. The first-order chi connectivity index (χ1) is 8.18. The van der Waals surface area contributed by atoms with Crippen molar-refractivity contribution in [1.82, 2.24) is 15.4 Å². The van der Waals surface area contributed by atoms with Crippen LogP contribution in [0.2, 0.25) is 0 Å². The summed E-state index contributed by atoms with van der Waals surface area (Å²) < 4.78 is 4.36. The third-order valence-corrected chi connectivity index (χ3v) is 2.17. The van der Waals surface area contributed by atoms with Crippen molar-refractivity contribution in [1.29, 1.82) is 5.41 Å². The topological polar surface area (TPSA) is 112 Å². The van der Waals surface area contributed by atoms with Crippen molar-refractivity contribution >= 4 is 11.7 Å². The molecule has 1 aromatic carbocycles. The van der Waals surface area contributed by atoms with Crippen molar-refractivity contribution in [3.63, 3.8) is 0 Å². The van der Waals surface area contributed by atoms with E-state index in [1.165, 1.54) is 0 Å². The van der Waals surface area contributed by atoms with Gasteiger partial charge in [-0.05, 0) is 15.9 Å². The summed E-state index contributed by atoms with van der Waals surface area (Å²) in [6.07, 6.45) is 0. The van der Waals surface area contributed by atoms with Gasteiger partial charge in [0, 0.05) is 0 Å². The van der Waals surface area contributed by atoms with Gasteiger partial charge >= 0.3 is 0 Å². The third-order valence-electron chi connectivity index (χ3n) is 2.17. The van der Waals surface area contributed by atoms with Gasteiger partial charge in [0.05, 0.1) is 6.54 Å². The van der Waals surface area contributed by atoms with Gasteiger partial charge in [-0.1, -0.05) is 30.3 Å². The molecule has 0 aliphatic carbocycles. The molecule has 4 N–H and O–H groups in total. The number of rotatable bonds is 3. The minimum atomic E-state index is -0.257. The zero-order chi connectivity index (χ0) is 12.3. The molecule has 0 amide bonds. The summed E-state index contributed by atoms with van der Waals surface area (Å²) in [4.78, 5) is 0. The number of nitrogens with zero attached hydrogens (tertiary/aromatic N) is 3. The highest BCUT2D eigenvalue weighted by Gasteiger charge is 2.17. The minimum Gasteiger partial charge on any atom is -0.379 e. The van der Waals surface area contributed by atoms with Crippen molar-refractivity contribution in [2.24, 2.45) is 0 Å². The van der Waals surface area contributed by atoms with Gasteiger partial charge in [-0.15, -0.1) is 0 Å². The van der Waals surface area contributed by atoms with Crippen LogP contribution in [-0.2, 0) is 6.54 Å². The average Bonchev–Trinajstić information content (AvgIpc) is 2.76. The fourth-order valence-electron chi connectivity index (χ4n) is 1.32. The van der Waals surface area contributed by atoms with Crippen LogP contribution in [0.3, 0.4) is 0 Å². The van der Waals surface area contributed by atoms with Crippen molar-refractivity contribution in [3.8, 4) is 0 Å². The average molecular weight is 233 g/mol. The molecular formula is C10H11N5O2. The maximum atomic E-state index is 9.71. The number of nitrogen functional groups attached to an aromatic ring is 1. The van der Waals surface area contributed by atoms with E-state index in [9.17, 15) is 5.21 Å². The first kappa shape index (κ1) is 11.1. The minimum absolute atomic E-state index is 0.0171. The van der Waals surface area contributed by atoms with E-state index in [0.29, 0.717) is 0 Å². The number of benzene rings is 1. The second kappa shape index (κ2) is 4.62. The zero-order valence-corrected chi connectivity index (χ0v) is 8.87. The molecule has 88 valence electrons. The second-order valence-corrected chi connectivity index (χ2v) is 3.39. The van der Waals surface area contributed by atoms with Crippen LogP contribution in [0.15, 0.2) is 35.0 Å². The number of aromatic nitrogens is 2. The molecule has 0 aliphatic heterocycles. The van der Waals surface area contributed by atoms with E-state index in [-0.39, 0.29) is 23.9 Å². The summed E-state index contributed by atoms with van der Waals surface area (Å²) in [6.45, 7) is 0.159. The van der Waals surface area contributed by atoms with E-state index >= 15 is 0 Å². The van der Waals surface area contributed by atoms with Gasteiger partial charge in [0.1, 0.15) is 0 Å². The lowest BCUT2D eigenvalue weighted by molar-refractivity contribution is -0.0233. The summed E-state index contributed by atoms with van der Waals surface area (Å²) in [7, 11) is 0. The predicted octanol–water partition coefficient (Wildman–Crippen LogP) is 0.869. The quantitative estimate of drug-likeness (QED) is 0.412.